The zero-order valence-electron chi connectivity index (χ0n) is 21.8. The van der Waals surface area contributed by atoms with Crippen LogP contribution >= 0.6 is 0 Å². The molecule has 2 amide bonds. The number of anilines is 1. The SMILES string of the molecule is CC1CN(C(=O)COC(=O)c2ccccc2NC(=O)c2cc(-c3ccccc3)nc3ccccc23)CC(C)O1. The Morgan fingerprint density at radius 1 is 0.897 bits per heavy atom. The van der Waals surface area contributed by atoms with Crippen LogP contribution in [0, 0.1) is 0 Å². The summed E-state index contributed by atoms with van der Waals surface area (Å²) in [4.78, 5) is 45.6. The van der Waals surface area contributed by atoms with Crippen LogP contribution in [0.5, 0.6) is 0 Å². The summed E-state index contributed by atoms with van der Waals surface area (Å²) in [7, 11) is 0. The number of para-hydroxylation sites is 2. The Bertz CT molecular complexity index is 1510. The first-order valence-electron chi connectivity index (χ1n) is 12.8. The molecule has 2 atom stereocenters. The van der Waals surface area contributed by atoms with Crippen molar-refractivity contribution in [1.82, 2.24) is 9.88 Å². The van der Waals surface area contributed by atoms with Crippen LogP contribution in [0.25, 0.3) is 22.2 Å². The number of hydrogen-bond donors (Lipinski definition) is 1. The van der Waals surface area contributed by atoms with Gasteiger partial charge in [-0.2, -0.15) is 0 Å². The smallest absolute Gasteiger partial charge is 0.340 e. The van der Waals surface area contributed by atoms with Gasteiger partial charge in [0.2, 0.25) is 0 Å². The van der Waals surface area contributed by atoms with Gasteiger partial charge >= 0.3 is 5.97 Å². The maximum atomic E-state index is 13.6. The molecule has 4 aromatic rings. The highest BCUT2D eigenvalue weighted by Gasteiger charge is 2.27. The Morgan fingerprint density at radius 2 is 1.56 bits per heavy atom. The van der Waals surface area contributed by atoms with Crippen molar-refractivity contribution < 1.29 is 23.9 Å². The molecule has 2 unspecified atom stereocenters. The third-order valence-corrected chi connectivity index (χ3v) is 6.52. The number of fused-ring (bicyclic) bond motifs is 1. The number of benzene rings is 3. The molecular formula is C31H29N3O5. The van der Waals surface area contributed by atoms with E-state index in [4.69, 9.17) is 14.5 Å². The van der Waals surface area contributed by atoms with Gasteiger partial charge in [-0.3, -0.25) is 9.59 Å². The number of carbonyl (C=O) groups excluding carboxylic acids is 3. The van der Waals surface area contributed by atoms with Crippen LogP contribution in [0.3, 0.4) is 0 Å². The summed E-state index contributed by atoms with van der Waals surface area (Å²) in [6.07, 6.45) is -0.174. The monoisotopic (exact) mass is 523 g/mol. The number of morpholine rings is 1. The largest absolute Gasteiger partial charge is 0.452 e. The van der Waals surface area contributed by atoms with E-state index in [1.54, 1.807) is 35.2 Å². The molecule has 5 rings (SSSR count). The number of amides is 2. The van der Waals surface area contributed by atoms with Gasteiger partial charge in [-0.05, 0) is 38.1 Å². The number of rotatable bonds is 6. The van der Waals surface area contributed by atoms with Crippen molar-refractivity contribution in [2.45, 2.75) is 26.1 Å². The molecule has 1 saturated heterocycles. The zero-order chi connectivity index (χ0) is 27.4. The molecule has 8 nitrogen and oxygen atoms in total. The van der Waals surface area contributed by atoms with Crippen LogP contribution in [0.2, 0.25) is 0 Å². The van der Waals surface area contributed by atoms with Gasteiger partial charge in [-0.15, -0.1) is 0 Å². The van der Waals surface area contributed by atoms with Crippen LogP contribution in [0.15, 0.2) is 84.9 Å². The van der Waals surface area contributed by atoms with Gasteiger partial charge in [0.15, 0.2) is 6.61 Å². The fourth-order valence-corrected chi connectivity index (χ4v) is 4.76. The minimum atomic E-state index is -0.696. The molecule has 0 aliphatic carbocycles. The van der Waals surface area contributed by atoms with E-state index in [0.717, 1.165) is 5.56 Å². The molecule has 2 heterocycles. The summed E-state index contributed by atoms with van der Waals surface area (Å²) in [6, 6.07) is 25.4. The molecule has 3 aromatic carbocycles. The predicted octanol–water partition coefficient (Wildman–Crippen LogP) is 4.95. The van der Waals surface area contributed by atoms with E-state index in [9.17, 15) is 14.4 Å². The highest BCUT2D eigenvalue weighted by molar-refractivity contribution is 6.14. The van der Waals surface area contributed by atoms with Crippen molar-refractivity contribution >= 4 is 34.4 Å². The first kappa shape index (κ1) is 26.1. The topological polar surface area (TPSA) is 97.8 Å². The van der Waals surface area contributed by atoms with Crippen LogP contribution < -0.4 is 5.32 Å². The van der Waals surface area contributed by atoms with E-state index in [-0.39, 0.29) is 29.4 Å². The van der Waals surface area contributed by atoms with Crippen molar-refractivity contribution in [2.75, 3.05) is 25.0 Å². The van der Waals surface area contributed by atoms with Crippen molar-refractivity contribution in [3.8, 4) is 11.3 Å². The average Bonchev–Trinajstić information content (AvgIpc) is 2.95. The summed E-state index contributed by atoms with van der Waals surface area (Å²) in [5.41, 5.74) is 3.10. The highest BCUT2D eigenvalue weighted by Crippen LogP contribution is 2.26. The van der Waals surface area contributed by atoms with Crippen LogP contribution in [0.1, 0.15) is 34.6 Å². The summed E-state index contributed by atoms with van der Waals surface area (Å²) in [5, 5.41) is 3.55. The fraction of sp³-hybridized carbons (Fsp3) is 0.226. The third-order valence-electron chi connectivity index (χ3n) is 6.52. The van der Waals surface area contributed by atoms with Crippen molar-refractivity contribution in [2.24, 2.45) is 0 Å². The normalized spacial score (nSPS) is 17.0. The standard InChI is InChI=1S/C31H29N3O5/c1-20-17-34(18-21(2)39-20)29(35)19-38-31(37)24-13-7-9-15-27(24)33-30(36)25-16-28(22-10-4-3-5-11-22)32-26-14-8-6-12-23(25)26/h3-16,20-21H,17-19H2,1-2H3,(H,33,36). The lowest BCUT2D eigenvalue weighted by molar-refractivity contribution is -0.146. The maximum absolute atomic E-state index is 13.6. The Labute approximate surface area is 226 Å². The van der Waals surface area contributed by atoms with Gasteiger partial charge < -0.3 is 19.7 Å². The lowest BCUT2D eigenvalue weighted by atomic mass is 10.0. The number of ether oxygens (including phenoxy) is 2. The van der Waals surface area contributed by atoms with Crippen molar-refractivity contribution in [1.29, 1.82) is 0 Å². The molecule has 0 spiro atoms. The minimum Gasteiger partial charge on any atom is -0.452 e. The average molecular weight is 524 g/mol. The summed E-state index contributed by atoms with van der Waals surface area (Å²) in [5.74, 6) is -1.37. The van der Waals surface area contributed by atoms with Gasteiger partial charge in [0, 0.05) is 24.0 Å². The Morgan fingerprint density at radius 3 is 2.33 bits per heavy atom. The minimum absolute atomic E-state index is 0.0870. The highest BCUT2D eigenvalue weighted by atomic mass is 16.5. The molecule has 1 N–H and O–H groups in total. The van der Waals surface area contributed by atoms with Crippen molar-refractivity contribution in [3.05, 3.63) is 96.1 Å². The van der Waals surface area contributed by atoms with E-state index >= 15 is 0 Å². The van der Waals surface area contributed by atoms with Gasteiger partial charge in [-0.25, -0.2) is 9.78 Å². The number of carbonyl (C=O) groups is 3. The molecule has 1 aliphatic rings. The van der Waals surface area contributed by atoms with E-state index in [1.165, 1.54) is 0 Å². The number of pyridine rings is 1. The molecule has 39 heavy (non-hydrogen) atoms. The van der Waals surface area contributed by atoms with Gasteiger partial charge in [0.1, 0.15) is 0 Å². The van der Waals surface area contributed by atoms with E-state index in [1.807, 2.05) is 68.4 Å². The second-order valence-electron chi connectivity index (χ2n) is 9.57. The predicted molar refractivity (Wildman–Crippen MR) is 148 cm³/mol. The lowest BCUT2D eigenvalue weighted by Gasteiger charge is -2.35. The second kappa shape index (κ2) is 11.4. The molecule has 1 aromatic heterocycles. The molecule has 198 valence electrons. The fourth-order valence-electron chi connectivity index (χ4n) is 4.76. The molecule has 8 heteroatoms. The zero-order valence-corrected chi connectivity index (χ0v) is 21.8. The number of hydrogen-bond acceptors (Lipinski definition) is 6. The molecule has 0 bridgehead atoms. The Hall–Kier alpha value is -4.56. The first-order chi connectivity index (χ1) is 18.9. The maximum Gasteiger partial charge on any atom is 0.340 e. The quantitative estimate of drug-likeness (QED) is 0.359. The van der Waals surface area contributed by atoms with Crippen LogP contribution in [-0.4, -0.2) is 59.6 Å². The van der Waals surface area contributed by atoms with Crippen molar-refractivity contribution in [3.63, 3.8) is 0 Å². The second-order valence-corrected chi connectivity index (χ2v) is 9.57. The number of aromatic nitrogens is 1. The summed E-state index contributed by atoms with van der Waals surface area (Å²) < 4.78 is 11.0. The molecule has 1 aliphatic heterocycles. The van der Waals surface area contributed by atoms with Crippen LogP contribution in [0.4, 0.5) is 5.69 Å². The summed E-state index contributed by atoms with van der Waals surface area (Å²) >= 11 is 0. The Balaban J connectivity index is 1.35. The molecule has 1 fully saturated rings. The van der Waals surface area contributed by atoms with Gasteiger partial charge in [0.25, 0.3) is 11.8 Å². The lowest BCUT2D eigenvalue weighted by Crippen LogP contribution is -2.49. The molecular weight excluding hydrogens is 494 g/mol. The Kier molecular flexibility index (Phi) is 7.65. The van der Waals surface area contributed by atoms with Gasteiger partial charge in [-0.1, -0.05) is 60.7 Å². The number of esters is 1. The number of nitrogens with one attached hydrogen (secondary N) is 1. The summed E-state index contributed by atoms with van der Waals surface area (Å²) in [6.45, 7) is 4.29. The molecule has 0 saturated carbocycles. The first-order valence-corrected chi connectivity index (χ1v) is 12.8. The van der Waals surface area contributed by atoms with E-state index in [0.29, 0.717) is 35.2 Å². The van der Waals surface area contributed by atoms with E-state index in [2.05, 4.69) is 5.32 Å². The number of nitrogens with zero attached hydrogens (tertiary/aromatic N) is 2. The van der Waals surface area contributed by atoms with Gasteiger partial charge in [0.05, 0.1) is 40.2 Å². The molecule has 0 radical (unpaired) electrons. The van der Waals surface area contributed by atoms with Crippen LogP contribution in [-0.2, 0) is 14.3 Å². The third kappa shape index (κ3) is 5.97. The van der Waals surface area contributed by atoms with E-state index < -0.39 is 18.5 Å².